The summed E-state index contributed by atoms with van der Waals surface area (Å²) in [7, 11) is 4.06. The molecule has 0 aromatic heterocycles. The number of likely N-dealkylation sites (N-methyl/N-ethyl adjacent to an activating group) is 1. The van der Waals surface area contributed by atoms with Gasteiger partial charge in [-0.2, -0.15) is 0 Å². The lowest BCUT2D eigenvalue weighted by Crippen LogP contribution is -2.50. The molecule has 0 spiro atoms. The van der Waals surface area contributed by atoms with E-state index in [1.54, 1.807) is 0 Å². The summed E-state index contributed by atoms with van der Waals surface area (Å²) in [5.41, 5.74) is 2.35. The van der Waals surface area contributed by atoms with E-state index in [4.69, 9.17) is 0 Å². The van der Waals surface area contributed by atoms with Crippen molar-refractivity contribution in [2.24, 2.45) is 5.92 Å². The summed E-state index contributed by atoms with van der Waals surface area (Å²) in [5.74, 6) is 0.157. The van der Waals surface area contributed by atoms with Crippen LogP contribution in [0.25, 0.3) is 0 Å². The molecule has 0 bridgehead atoms. The normalized spacial score (nSPS) is 18.4. The Labute approximate surface area is 121 Å². The van der Waals surface area contributed by atoms with Gasteiger partial charge in [-0.3, -0.25) is 4.79 Å². The van der Waals surface area contributed by atoms with Gasteiger partial charge >= 0.3 is 0 Å². The van der Waals surface area contributed by atoms with Crippen molar-refractivity contribution in [3.63, 3.8) is 0 Å². The smallest absolute Gasteiger partial charge is 0.225 e. The van der Waals surface area contributed by atoms with E-state index in [2.05, 4.69) is 41.5 Å². The molecule has 1 unspecified atom stereocenters. The van der Waals surface area contributed by atoms with E-state index in [-0.39, 0.29) is 17.4 Å². The second-order valence-corrected chi connectivity index (χ2v) is 6.36. The van der Waals surface area contributed by atoms with Crippen LogP contribution in [0.4, 0.5) is 5.69 Å². The maximum atomic E-state index is 12.3. The van der Waals surface area contributed by atoms with Crippen molar-refractivity contribution in [1.82, 2.24) is 10.2 Å². The lowest BCUT2D eigenvalue weighted by molar-refractivity contribution is -0.125. The Morgan fingerprint density at radius 3 is 2.80 bits per heavy atom. The van der Waals surface area contributed by atoms with E-state index in [9.17, 15) is 4.79 Å². The van der Waals surface area contributed by atoms with E-state index in [1.807, 2.05) is 26.2 Å². The first-order chi connectivity index (χ1) is 9.40. The van der Waals surface area contributed by atoms with Gasteiger partial charge in [-0.05, 0) is 46.0 Å². The first-order valence-electron chi connectivity index (χ1n) is 7.17. The SMILES string of the molecule is CN(C)C(C)(C)CNC(=O)C1CNc2ccccc2C1. The quantitative estimate of drug-likeness (QED) is 0.879. The molecule has 0 aliphatic carbocycles. The highest BCUT2D eigenvalue weighted by atomic mass is 16.1. The van der Waals surface area contributed by atoms with Crippen molar-refractivity contribution in [2.45, 2.75) is 25.8 Å². The molecule has 1 heterocycles. The summed E-state index contributed by atoms with van der Waals surface area (Å²) in [4.78, 5) is 14.4. The number of hydrogen-bond acceptors (Lipinski definition) is 3. The van der Waals surface area contributed by atoms with Gasteiger partial charge in [-0.15, -0.1) is 0 Å². The molecule has 1 aliphatic rings. The summed E-state index contributed by atoms with van der Waals surface area (Å²) in [6, 6.07) is 8.20. The van der Waals surface area contributed by atoms with Gasteiger partial charge < -0.3 is 15.5 Å². The van der Waals surface area contributed by atoms with Crippen LogP contribution in [0.2, 0.25) is 0 Å². The van der Waals surface area contributed by atoms with E-state index in [0.29, 0.717) is 13.1 Å². The summed E-state index contributed by atoms with van der Waals surface area (Å²) in [6.07, 6.45) is 0.817. The molecule has 0 saturated carbocycles. The number of amides is 1. The Hall–Kier alpha value is -1.55. The average molecular weight is 275 g/mol. The van der Waals surface area contributed by atoms with Crippen LogP contribution in [0.15, 0.2) is 24.3 Å². The Kier molecular flexibility index (Phi) is 4.33. The number of benzene rings is 1. The van der Waals surface area contributed by atoms with Gasteiger partial charge in [-0.1, -0.05) is 18.2 Å². The first-order valence-corrected chi connectivity index (χ1v) is 7.17. The molecule has 0 saturated heterocycles. The Morgan fingerprint density at radius 1 is 1.40 bits per heavy atom. The largest absolute Gasteiger partial charge is 0.384 e. The second-order valence-electron chi connectivity index (χ2n) is 6.36. The van der Waals surface area contributed by atoms with Crippen molar-refractivity contribution >= 4 is 11.6 Å². The number of para-hydroxylation sites is 1. The van der Waals surface area contributed by atoms with E-state index >= 15 is 0 Å². The summed E-state index contributed by atoms with van der Waals surface area (Å²) in [5, 5.41) is 6.43. The van der Waals surface area contributed by atoms with Crippen molar-refractivity contribution in [3.05, 3.63) is 29.8 Å². The molecule has 2 rings (SSSR count). The lowest BCUT2D eigenvalue weighted by Gasteiger charge is -2.33. The molecule has 0 radical (unpaired) electrons. The Balaban J connectivity index is 1.92. The molecule has 1 atom stereocenters. The predicted molar refractivity (Wildman–Crippen MR) is 82.9 cm³/mol. The van der Waals surface area contributed by atoms with Crippen molar-refractivity contribution in [2.75, 3.05) is 32.5 Å². The van der Waals surface area contributed by atoms with Crippen LogP contribution in [0.3, 0.4) is 0 Å². The predicted octanol–water partition coefficient (Wildman–Crippen LogP) is 1.73. The third kappa shape index (κ3) is 3.31. The molecule has 20 heavy (non-hydrogen) atoms. The zero-order chi connectivity index (χ0) is 14.8. The summed E-state index contributed by atoms with van der Waals surface area (Å²) in [6.45, 7) is 5.63. The highest BCUT2D eigenvalue weighted by Crippen LogP contribution is 2.24. The minimum Gasteiger partial charge on any atom is -0.384 e. The molecule has 1 amide bonds. The second kappa shape index (κ2) is 5.83. The van der Waals surface area contributed by atoms with Crippen LogP contribution in [0.1, 0.15) is 19.4 Å². The highest BCUT2D eigenvalue weighted by molar-refractivity contribution is 5.80. The molecule has 1 aliphatic heterocycles. The number of fused-ring (bicyclic) bond motifs is 1. The number of anilines is 1. The fourth-order valence-electron chi connectivity index (χ4n) is 2.23. The first kappa shape index (κ1) is 14.9. The molecular formula is C16H25N3O. The summed E-state index contributed by atoms with van der Waals surface area (Å²) < 4.78 is 0. The number of carbonyl (C=O) groups is 1. The molecular weight excluding hydrogens is 250 g/mol. The average Bonchev–Trinajstić information content (AvgIpc) is 2.44. The topological polar surface area (TPSA) is 44.4 Å². The van der Waals surface area contributed by atoms with Crippen LogP contribution < -0.4 is 10.6 Å². The fourth-order valence-corrected chi connectivity index (χ4v) is 2.23. The van der Waals surface area contributed by atoms with Crippen molar-refractivity contribution in [1.29, 1.82) is 0 Å². The van der Waals surface area contributed by atoms with Crippen LogP contribution in [0, 0.1) is 5.92 Å². The molecule has 1 aromatic rings. The lowest BCUT2D eigenvalue weighted by atomic mass is 9.93. The molecule has 110 valence electrons. The highest BCUT2D eigenvalue weighted by Gasteiger charge is 2.27. The van der Waals surface area contributed by atoms with E-state index < -0.39 is 0 Å². The third-order valence-electron chi connectivity index (χ3n) is 4.30. The van der Waals surface area contributed by atoms with Crippen molar-refractivity contribution in [3.8, 4) is 0 Å². The van der Waals surface area contributed by atoms with Crippen LogP contribution in [-0.4, -0.2) is 43.5 Å². The Morgan fingerprint density at radius 2 is 2.10 bits per heavy atom. The third-order valence-corrected chi connectivity index (χ3v) is 4.30. The van der Waals surface area contributed by atoms with Gasteiger partial charge in [0.2, 0.25) is 5.91 Å². The minimum absolute atomic E-state index is 0.0165. The van der Waals surface area contributed by atoms with Crippen LogP contribution >= 0.6 is 0 Å². The van der Waals surface area contributed by atoms with Crippen LogP contribution in [0.5, 0.6) is 0 Å². The summed E-state index contributed by atoms with van der Waals surface area (Å²) >= 11 is 0. The molecule has 0 fully saturated rings. The number of rotatable bonds is 4. The zero-order valence-electron chi connectivity index (χ0n) is 12.9. The molecule has 1 aromatic carbocycles. The maximum absolute atomic E-state index is 12.3. The van der Waals surface area contributed by atoms with Gasteiger partial charge in [0, 0.05) is 24.3 Å². The van der Waals surface area contributed by atoms with Gasteiger partial charge in [-0.25, -0.2) is 0 Å². The molecule has 2 N–H and O–H groups in total. The maximum Gasteiger partial charge on any atom is 0.225 e. The van der Waals surface area contributed by atoms with E-state index in [1.165, 1.54) is 5.56 Å². The van der Waals surface area contributed by atoms with Gasteiger partial charge in [0.15, 0.2) is 0 Å². The van der Waals surface area contributed by atoms with Gasteiger partial charge in [0.05, 0.1) is 5.92 Å². The standard InChI is InChI=1S/C16H25N3O/c1-16(2,19(3)4)11-18-15(20)13-9-12-7-5-6-8-14(12)17-10-13/h5-8,13,17H,9-11H2,1-4H3,(H,18,20). The minimum atomic E-state index is -0.0321. The van der Waals surface area contributed by atoms with Gasteiger partial charge in [0.25, 0.3) is 0 Å². The van der Waals surface area contributed by atoms with Gasteiger partial charge in [0.1, 0.15) is 0 Å². The van der Waals surface area contributed by atoms with Crippen LogP contribution in [-0.2, 0) is 11.2 Å². The van der Waals surface area contributed by atoms with E-state index in [0.717, 1.165) is 12.1 Å². The molecule has 4 nitrogen and oxygen atoms in total. The zero-order valence-corrected chi connectivity index (χ0v) is 12.9. The fraction of sp³-hybridized carbons (Fsp3) is 0.562. The monoisotopic (exact) mass is 275 g/mol. The molecule has 4 heteroatoms. The number of hydrogen-bond donors (Lipinski definition) is 2. The van der Waals surface area contributed by atoms with Crippen molar-refractivity contribution < 1.29 is 4.79 Å². The number of carbonyl (C=O) groups excluding carboxylic acids is 1. The number of nitrogens with zero attached hydrogens (tertiary/aromatic N) is 1. The number of nitrogens with one attached hydrogen (secondary N) is 2. The Bertz CT molecular complexity index is 482.